The molecule has 2 unspecified atom stereocenters. The van der Waals surface area contributed by atoms with Gasteiger partial charge in [-0.1, -0.05) is 29.8 Å². The molecule has 0 aliphatic rings. The Bertz CT molecular complexity index is 351. The predicted octanol–water partition coefficient (Wildman–Crippen LogP) is 4.38. The van der Waals surface area contributed by atoms with Gasteiger partial charge in [0.15, 0.2) is 0 Å². The lowest BCUT2D eigenvalue weighted by Crippen LogP contribution is -2.17. The van der Waals surface area contributed by atoms with E-state index >= 15 is 0 Å². The van der Waals surface area contributed by atoms with Crippen molar-refractivity contribution in [1.82, 2.24) is 4.98 Å². The summed E-state index contributed by atoms with van der Waals surface area (Å²) in [5.74, 6) is -0.261. The topological polar surface area (TPSA) is 12.9 Å². The molecule has 0 aliphatic carbocycles. The van der Waals surface area contributed by atoms with E-state index in [1.165, 1.54) is 12.3 Å². The summed E-state index contributed by atoms with van der Waals surface area (Å²) in [7, 11) is 0. The molecule has 0 N–H and O–H groups in total. The zero-order chi connectivity index (χ0) is 12.3. The first-order valence-electron chi connectivity index (χ1n) is 5.04. The van der Waals surface area contributed by atoms with Gasteiger partial charge in [-0.2, -0.15) is 13.2 Å². The Balaban J connectivity index is 3.13. The van der Waals surface area contributed by atoms with Crippen LogP contribution >= 0.6 is 15.9 Å². The fourth-order valence-corrected chi connectivity index (χ4v) is 1.80. The molecule has 0 radical (unpaired) electrons. The second-order valence-electron chi connectivity index (χ2n) is 3.65. The van der Waals surface area contributed by atoms with Gasteiger partial charge in [0.25, 0.3) is 0 Å². The van der Waals surface area contributed by atoms with E-state index in [1.54, 1.807) is 6.92 Å². The van der Waals surface area contributed by atoms with Crippen molar-refractivity contribution in [2.24, 2.45) is 0 Å². The normalized spacial score (nSPS) is 15.9. The van der Waals surface area contributed by atoms with Crippen LogP contribution in [-0.2, 0) is 6.18 Å². The summed E-state index contributed by atoms with van der Waals surface area (Å²) in [5.41, 5.74) is -0.529. The monoisotopic (exact) mass is 295 g/mol. The van der Waals surface area contributed by atoms with Crippen LogP contribution in [0.25, 0.3) is 0 Å². The number of pyridine rings is 1. The molecule has 0 bridgehead atoms. The quantitative estimate of drug-likeness (QED) is 0.754. The minimum atomic E-state index is -4.34. The van der Waals surface area contributed by atoms with Gasteiger partial charge >= 0.3 is 6.18 Å². The number of hydrogen-bond acceptors (Lipinski definition) is 1. The van der Waals surface area contributed by atoms with Gasteiger partial charge in [-0.05, 0) is 18.6 Å². The molecular weight excluding hydrogens is 283 g/mol. The molecule has 0 aromatic carbocycles. The lowest BCUT2D eigenvalue weighted by molar-refractivity contribution is -0.138. The maximum atomic E-state index is 12.7. The van der Waals surface area contributed by atoms with Crippen molar-refractivity contribution in [1.29, 1.82) is 0 Å². The van der Waals surface area contributed by atoms with Gasteiger partial charge in [-0.25, -0.2) is 0 Å². The van der Waals surface area contributed by atoms with Gasteiger partial charge < -0.3 is 0 Å². The van der Waals surface area contributed by atoms with Crippen molar-refractivity contribution < 1.29 is 13.2 Å². The van der Waals surface area contributed by atoms with Crippen LogP contribution in [0.2, 0.25) is 0 Å². The van der Waals surface area contributed by atoms with Crippen molar-refractivity contribution in [3.05, 3.63) is 29.6 Å². The molecule has 1 aromatic heterocycles. The van der Waals surface area contributed by atoms with Crippen LogP contribution < -0.4 is 0 Å². The molecule has 1 aromatic rings. The molecule has 1 nitrogen and oxygen atoms in total. The van der Waals surface area contributed by atoms with E-state index < -0.39 is 11.7 Å². The highest BCUT2D eigenvalue weighted by atomic mass is 79.9. The number of hydrogen-bond donors (Lipinski definition) is 0. The van der Waals surface area contributed by atoms with Gasteiger partial charge in [0.2, 0.25) is 0 Å². The lowest BCUT2D eigenvalue weighted by Gasteiger charge is -2.20. The van der Waals surface area contributed by atoms with Crippen molar-refractivity contribution in [3.63, 3.8) is 0 Å². The molecule has 1 heterocycles. The Kier molecular flexibility index (Phi) is 4.35. The lowest BCUT2D eigenvalue weighted by atomic mass is 9.97. The number of alkyl halides is 4. The number of aromatic nitrogens is 1. The summed E-state index contributed by atoms with van der Waals surface area (Å²) in [6, 6.07) is 2.39. The summed E-state index contributed by atoms with van der Waals surface area (Å²) < 4.78 is 38.2. The highest BCUT2D eigenvalue weighted by Gasteiger charge is 2.36. The fourth-order valence-electron chi connectivity index (χ4n) is 1.54. The second-order valence-corrected chi connectivity index (χ2v) is 4.82. The van der Waals surface area contributed by atoms with Crippen molar-refractivity contribution >= 4 is 15.9 Å². The minimum Gasteiger partial charge on any atom is -0.260 e. The largest absolute Gasteiger partial charge is 0.418 e. The molecule has 0 aliphatic heterocycles. The molecule has 0 spiro atoms. The summed E-state index contributed by atoms with van der Waals surface area (Å²) in [5, 5.41) is 0. The SMILES string of the molecule is CCC(Br)C(C)c1ncccc1C(F)(F)F. The average molecular weight is 296 g/mol. The van der Waals surface area contributed by atoms with Crippen LogP contribution in [0, 0.1) is 0 Å². The van der Waals surface area contributed by atoms with E-state index in [-0.39, 0.29) is 16.4 Å². The van der Waals surface area contributed by atoms with Crippen LogP contribution in [0.15, 0.2) is 18.3 Å². The molecule has 90 valence electrons. The van der Waals surface area contributed by atoms with Gasteiger partial charge in [0, 0.05) is 16.9 Å². The molecule has 16 heavy (non-hydrogen) atoms. The van der Waals surface area contributed by atoms with E-state index in [0.717, 1.165) is 12.5 Å². The van der Waals surface area contributed by atoms with Crippen LogP contribution in [0.3, 0.4) is 0 Å². The molecule has 0 saturated carbocycles. The highest BCUT2D eigenvalue weighted by molar-refractivity contribution is 9.09. The van der Waals surface area contributed by atoms with Crippen molar-refractivity contribution in [3.8, 4) is 0 Å². The first kappa shape index (κ1) is 13.5. The van der Waals surface area contributed by atoms with Gasteiger partial charge in [-0.15, -0.1) is 0 Å². The Morgan fingerprint density at radius 1 is 1.44 bits per heavy atom. The predicted molar refractivity (Wildman–Crippen MR) is 60.7 cm³/mol. The Hall–Kier alpha value is -0.580. The third kappa shape index (κ3) is 2.97. The Morgan fingerprint density at radius 3 is 2.56 bits per heavy atom. The summed E-state index contributed by atoms with van der Waals surface area (Å²) in [4.78, 5) is 3.87. The fraction of sp³-hybridized carbons (Fsp3) is 0.545. The van der Waals surface area contributed by atoms with E-state index in [1.807, 2.05) is 6.92 Å². The van der Waals surface area contributed by atoms with Gasteiger partial charge in [-0.3, -0.25) is 4.98 Å². The van der Waals surface area contributed by atoms with Crippen LogP contribution in [0.4, 0.5) is 13.2 Å². The van der Waals surface area contributed by atoms with Crippen molar-refractivity contribution in [2.75, 3.05) is 0 Å². The molecule has 1 rings (SSSR count). The molecule has 0 amide bonds. The third-order valence-corrected chi connectivity index (χ3v) is 3.95. The van der Waals surface area contributed by atoms with Gasteiger partial charge in [0.1, 0.15) is 0 Å². The number of rotatable bonds is 3. The minimum absolute atomic E-state index is 0.00324. The average Bonchev–Trinajstić information content (AvgIpc) is 2.26. The van der Waals surface area contributed by atoms with E-state index in [2.05, 4.69) is 20.9 Å². The summed E-state index contributed by atoms with van der Waals surface area (Å²) >= 11 is 3.37. The number of nitrogens with zero attached hydrogens (tertiary/aromatic N) is 1. The number of halogens is 4. The smallest absolute Gasteiger partial charge is 0.260 e. The summed E-state index contributed by atoms with van der Waals surface area (Å²) in [6.45, 7) is 3.67. The Morgan fingerprint density at radius 2 is 2.06 bits per heavy atom. The first-order valence-corrected chi connectivity index (χ1v) is 5.95. The molecule has 0 saturated heterocycles. The Labute approximate surface area is 101 Å². The van der Waals surface area contributed by atoms with E-state index in [4.69, 9.17) is 0 Å². The van der Waals surface area contributed by atoms with Crippen molar-refractivity contribution in [2.45, 2.75) is 37.2 Å². The summed E-state index contributed by atoms with van der Waals surface area (Å²) in [6.07, 6.45) is -2.18. The maximum absolute atomic E-state index is 12.7. The van der Waals surface area contributed by atoms with Crippen LogP contribution in [0.5, 0.6) is 0 Å². The molecule has 5 heteroatoms. The van der Waals surface area contributed by atoms with Crippen LogP contribution in [-0.4, -0.2) is 9.81 Å². The highest BCUT2D eigenvalue weighted by Crippen LogP contribution is 2.36. The third-order valence-electron chi connectivity index (χ3n) is 2.51. The van der Waals surface area contributed by atoms with Gasteiger partial charge in [0.05, 0.1) is 11.3 Å². The van der Waals surface area contributed by atoms with E-state index in [0.29, 0.717) is 0 Å². The first-order chi connectivity index (χ1) is 7.38. The van der Waals surface area contributed by atoms with E-state index in [9.17, 15) is 13.2 Å². The standard InChI is InChI=1S/C11H13BrF3N/c1-3-9(12)7(2)10-8(11(13,14)15)5-4-6-16-10/h4-7,9H,3H2,1-2H3. The molecule has 0 fully saturated rings. The second kappa shape index (κ2) is 5.17. The molecule has 2 atom stereocenters. The zero-order valence-electron chi connectivity index (χ0n) is 9.05. The van der Waals surface area contributed by atoms with Crippen LogP contribution in [0.1, 0.15) is 37.4 Å². The maximum Gasteiger partial charge on any atom is 0.418 e. The zero-order valence-corrected chi connectivity index (χ0v) is 10.6. The molecular formula is C11H13BrF3N.